The monoisotopic (exact) mass is 444 g/mol. The first-order valence-electron chi connectivity index (χ1n) is 9.70. The molecule has 1 unspecified atom stereocenters. The van der Waals surface area contributed by atoms with Crippen LogP contribution in [0.5, 0.6) is 0 Å². The number of halogens is 1. The van der Waals surface area contributed by atoms with E-state index in [4.69, 9.17) is 21.7 Å². The third kappa shape index (κ3) is 4.65. The number of benzene rings is 1. The first-order chi connectivity index (χ1) is 14.5. The summed E-state index contributed by atoms with van der Waals surface area (Å²) < 4.78 is 26.9. The molecule has 0 amide bonds. The van der Waals surface area contributed by atoms with E-state index in [0.29, 0.717) is 24.4 Å². The van der Waals surface area contributed by atoms with Gasteiger partial charge in [0, 0.05) is 31.4 Å². The first kappa shape index (κ1) is 20.8. The van der Waals surface area contributed by atoms with Crippen molar-refractivity contribution in [1.29, 1.82) is 5.26 Å². The molecule has 7 nitrogen and oxygen atoms in total. The van der Waals surface area contributed by atoms with Crippen LogP contribution in [0, 0.1) is 17.2 Å². The Balaban J connectivity index is 1.40. The molecule has 0 saturated heterocycles. The third-order valence-corrected chi connectivity index (χ3v) is 7.29. The number of pyridine rings is 1. The Morgan fingerprint density at radius 1 is 1.30 bits per heavy atom. The molecule has 1 aromatic heterocycles. The Morgan fingerprint density at radius 3 is 2.77 bits per heavy atom. The van der Waals surface area contributed by atoms with Gasteiger partial charge in [-0.1, -0.05) is 23.7 Å². The minimum Gasteiger partial charge on any atom is -0.271 e. The van der Waals surface area contributed by atoms with Crippen molar-refractivity contribution >= 4 is 21.6 Å². The lowest BCUT2D eigenvalue weighted by Crippen LogP contribution is -2.37. The number of nitriles is 1. The van der Waals surface area contributed by atoms with Crippen molar-refractivity contribution in [2.24, 2.45) is 5.92 Å². The van der Waals surface area contributed by atoms with Crippen LogP contribution >= 0.6 is 11.6 Å². The highest BCUT2D eigenvalue weighted by Crippen LogP contribution is 2.43. The Labute approximate surface area is 180 Å². The second kappa shape index (κ2) is 8.74. The number of hydroxylamine groups is 1. The molecule has 1 atom stereocenters. The first-order valence-corrected chi connectivity index (χ1v) is 11.5. The van der Waals surface area contributed by atoms with Gasteiger partial charge in [-0.3, -0.25) is 10.3 Å². The normalized spacial score (nSPS) is 18.3. The predicted molar refractivity (Wildman–Crippen MR) is 112 cm³/mol. The van der Waals surface area contributed by atoms with E-state index < -0.39 is 10.0 Å². The van der Waals surface area contributed by atoms with Gasteiger partial charge in [0.05, 0.1) is 11.6 Å². The van der Waals surface area contributed by atoms with E-state index in [2.05, 4.69) is 16.5 Å². The van der Waals surface area contributed by atoms with Gasteiger partial charge in [0.2, 0.25) is 10.0 Å². The molecule has 9 heteroatoms. The summed E-state index contributed by atoms with van der Waals surface area (Å²) in [5, 5.41) is 9.39. The van der Waals surface area contributed by atoms with Gasteiger partial charge < -0.3 is 0 Å². The van der Waals surface area contributed by atoms with Gasteiger partial charge >= 0.3 is 0 Å². The van der Waals surface area contributed by atoms with Crippen LogP contribution in [0.25, 0.3) is 0 Å². The Hall–Kier alpha value is -2.44. The number of hydrogen-bond acceptors (Lipinski definition) is 6. The van der Waals surface area contributed by atoms with Gasteiger partial charge in [-0.05, 0) is 54.7 Å². The van der Waals surface area contributed by atoms with Gasteiger partial charge in [-0.2, -0.15) is 9.57 Å². The standard InChI is InChI=1S/C21H21ClN4O3S/c22-20-7-6-19(14-24-20)30(27,28)26-10-8-18(9-11-26)25-29-21(16-4-5-16)17-3-1-2-15(12-17)13-23/h1-3,6-8,12,14,16,21,25H,4-5,9-11H2. The number of nitrogens with one attached hydrogen (secondary N) is 1. The van der Waals surface area contributed by atoms with Crippen LogP contribution in [0.2, 0.25) is 5.15 Å². The summed E-state index contributed by atoms with van der Waals surface area (Å²) in [6.07, 6.45) is 5.64. The van der Waals surface area contributed by atoms with Crippen molar-refractivity contribution in [1.82, 2.24) is 14.8 Å². The molecule has 1 aliphatic heterocycles. The molecule has 2 aliphatic rings. The van der Waals surface area contributed by atoms with E-state index in [1.807, 2.05) is 24.3 Å². The molecule has 1 aliphatic carbocycles. The number of aromatic nitrogens is 1. The zero-order valence-corrected chi connectivity index (χ0v) is 17.7. The maximum Gasteiger partial charge on any atom is 0.244 e. The van der Waals surface area contributed by atoms with Gasteiger partial charge in [0.15, 0.2) is 0 Å². The fraction of sp³-hybridized carbons (Fsp3) is 0.333. The molecule has 2 aromatic rings. The summed E-state index contributed by atoms with van der Waals surface area (Å²) in [5.74, 6) is 0.421. The van der Waals surface area contributed by atoms with Crippen LogP contribution in [-0.4, -0.2) is 30.8 Å². The van der Waals surface area contributed by atoms with E-state index in [9.17, 15) is 8.42 Å². The van der Waals surface area contributed by atoms with E-state index in [-0.39, 0.29) is 22.7 Å². The second-order valence-corrected chi connectivity index (χ2v) is 9.70. The number of nitrogens with zero attached hydrogens (tertiary/aromatic N) is 3. The number of rotatable bonds is 7. The quantitative estimate of drug-likeness (QED) is 0.518. The van der Waals surface area contributed by atoms with Crippen molar-refractivity contribution in [2.45, 2.75) is 30.3 Å². The highest BCUT2D eigenvalue weighted by molar-refractivity contribution is 7.89. The number of hydrogen-bond donors (Lipinski definition) is 1. The minimum atomic E-state index is -3.62. The predicted octanol–water partition coefficient (Wildman–Crippen LogP) is 3.56. The Morgan fingerprint density at radius 2 is 2.13 bits per heavy atom. The van der Waals surface area contributed by atoms with Crippen LogP contribution in [0.3, 0.4) is 0 Å². The molecule has 2 heterocycles. The molecular formula is C21H21ClN4O3S. The number of sulfonamides is 1. The van der Waals surface area contributed by atoms with E-state index in [1.165, 1.54) is 22.6 Å². The highest BCUT2D eigenvalue weighted by atomic mass is 35.5. The van der Waals surface area contributed by atoms with Gasteiger partial charge in [-0.25, -0.2) is 13.4 Å². The average molecular weight is 445 g/mol. The zero-order chi connectivity index (χ0) is 21.1. The van der Waals surface area contributed by atoms with E-state index in [0.717, 1.165) is 24.1 Å². The largest absolute Gasteiger partial charge is 0.271 e. The lowest BCUT2D eigenvalue weighted by Gasteiger charge is -2.27. The van der Waals surface area contributed by atoms with Gasteiger partial charge in [0.25, 0.3) is 0 Å². The fourth-order valence-electron chi connectivity index (χ4n) is 3.39. The van der Waals surface area contributed by atoms with Gasteiger partial charge in [-0.15, -0.1) is 0 Å². The lowest BCUT2D eigenvalue weighted by atomic mass is 10.0. The van der Waals surface area contributed by atoms with Crippen molar-refractivity contribution in [3.05, 3.63) is 70.6 Å². The van der Waals surface area contributed by atoms with Crippen LogP contribution in [0.15, 0.2) is 59.3 Å². The van der Waals surface area contributed by atoms with E-state index in [1.54, 1.807) is 6.07 Å². The summed E-state index contributed by atoms with van der Waals surface area (Å²) in [5.41, 5.74) is 5.45. The maximum absolute atomic E-state index is 12.7. The average Bonchev–Trinajstić information content (AvgIpc) is 3.60. The lowest BCUT2D eigenvalue weighted by molar-refractivity contribution is -0.0246. The van der Waals surface area contributed by atoms with Crippen molar-refractivity contribution < 1.29 is 13.3 Å². The molecule has 1 fully saturated rings. The van der Waals surface area contributed by atoms with Crippen molar-refractivity contribution in [3.63, 3.8) is 0 Å². The molecule has 0 bridgehead atoms. The Kier molecular flexibility index (Phi) is 6.06. The van der Waals surface area contributed by atoms with Crippen molar-refractivity contribution in [2.75, 3.05) is 13.1 Å². The molecule has 30 heavy (non-hydrogen) atoms. The van der Waals surface area contributed by atoms with Crippen molar-refractivity contribution in [3.8, 4) is 6.07 Å². The molecule has 156 valence electrons. The third-order valence-electron chi connectivity index (χ3n) is 5.22. The zero-order valence-electron chi connectivity index (χ0n) is 16.2. The smallest absolute Gasteiger partial charge is 0.244 e. The molecule has 1 aromatic carbocycles. The maximum atomic E-state index is 12.7. The van der Waals surface area contributed by atoms with Crippen LogP contribution < -0.4 is 5.48 Å². The van der Waals surface area contributed by atoms with Crippen LogP contribution in [0.4, 0.5) is 0 Å². The molecule has 1 saturated carbocycles. The summed E-state index contributed by atoms with van der Waals surface area (Å²) in [4.78, 5) is 9.97. The fourth-order valence-corrected chi connectivity index (χ4v) is 4.82. The van der Waals surface area contributed by atoms with Crippen LogP contribution in [-0.2, 0) is 14.9 Å². The van der Waals surface area contributed by atoms with Crippen LogP contribution in [0.1, 0.15) is 36.5 Å². The minimum absolute atomic E-state index is 0.124. The summed E-state index contributed by atoms with van der Waals surface area (Å²) >= 11 is 5.75. The molecule has 0 spiro atoms. The molecule has 4 rings (SSSR count). The SMILES string of the molecule is N#Cc1cccc(C(ONC2=CCN(S(=O)(=O)c3ccc(Cl)nc3)CC2)C2CC2)c1. The summed E-state index contributed by atoms with van der Waals surface area (Å²) in [6, 6.07) is 12.5. The molecule has 0 radical (unpaired) electrons. The van der Waals surface area contributed by atoms with Gasteiger partial charge in [0.1, 0.15) is 16.2 Å². The molecule has 1 N–H and O–H groups in total. The summed E-state index contributed by atoms with van der Waals surface area (Å²) in [7, 11) is -3.62. The summed E-state index contributed by atoms with van der Waals surface area (Å²) in [6.45, 7) is 0.583. The topological polar surface area (TPSA) is 95.3 Å². The second-order valence-electron chi connectivity index (χ2n) is 7.37. The highest BCUT2D eigenvalue weighted by Gasteiger charge is 2.34. The van der Waals surface area contributed by atoms with E-state index >= 15 is 0 Å². The molecular weight excluding hydrogens is 424 g/mol. The Bertz CT molecular complexity index is 1090.